The molecule has 1 N–H and O–H groups in total. The molecule has 0 spiro atoms. The number of para-hydroxylation sites is 1. The zero-order valence-electron chi connectivity index (χ0n) is 17.9. The van der Waals surface area contributed by atoms with Gasteiger partial charge in [-0.25, -0.2) is 4.79 Å². The minimum atomic E-state index is -1.13. The number of fused-ring (bicyclic) bond motifs is 2. The first kappa shape index (κ1) is 20.8. The highest BCUT2D eigenvalue weighted by Gasteiger charge is 2.30. The molecule has 1 atom stereocenters. The zero-order chi connectivity index (χ0) is 22.3. The lowest BCUT2D eigenvalue weighted by atomic mass is 9.91. The molecule has 0 bridgehead atoms. The summed E-state index contributed by atoms with van der Waals surface area (Å²) in [6.07, 6.45) is -0.763. The van der Waals surface area contributed by atoms with Crippen molar-refractivity contribution in [2.75, 3.05) is 0 Å². The Morgan fingerprint density at radius 1 is 1.00 bits per heavy atom. The molecule has 158 valence electrons. The molecule has 1 unspecified atom stereocenters. The smallest absolute Gasteiger partial charge is 0.336 e. The molecule has 1 aromatic heterocycles. The lowest BCUT2D eigenvalue weighted by molar-refractivity contribution is -0.0427. The van der Waals surface area contributed by atoms with Crippen molar-refractivity contribution < 1.29 is 19.1 Å². The molecule has 5 heteroatoms. The summed E-state index contributed by atoms with van der Waals surface area (Å²) in [5.41, 5.74) is 1.91. The molecule has 0 aliphatic carbocycles. The van der Waals surface area contributed by atoms with Gasteiger partial charge in [-0.05, 0) is 57.0 Å². The number of aryl methyl sites for hydroxylation is 1. The van der Waals surface area contributed by atoms with Crippen LogP contribution < -0.4 is 5.43 Å². The summed E-state index contributed by atoms with van der Waals surface area (Å²) in [7, 11) is 0. The Balaban J connectivity index is 2.16. The maximum absolute atomic E-state index is 13.6. The van der Waals surface area contributed by atoms with Gasteiger partial charge in [0.2, 0.25) is 5.43 Å². The predicted molar refractivity (Wildman–Crippen MR) is 121 cm³/mol. The molecule has 0 fully saturated rings. The van der Waals surface area contributed by atoms with Crippen molar-refractivity contribution in [3.63, 3.8) is 0 Å². The standard InChI is InChI=1S/C26H24O5/c1-15-9-8-12-18-22(27)21-19(30-23(15)18)14-13-17(25(28)29)20(21)24(31-26(2,3)4)16-10-6-5-7-11-16/h5-14,24H,1-4H3,(H,28,29). The van der Waals surface area contributed by atoms with E-state index in [1.807, 2.05) is 64.1 Å². The Labute approximate surface area is 179 Å². The topological polar surface area (TPSA) is 76.7 Å². The summed E-state index contributed by atoms with van der Waals surface area (Å²) >= 11 is 0. The molecule has 0 radical (unpaired) electrons. The molecule has 0 amide bonds. The van der Waals surface area contributed by atoms with E-state index >= 15 is 0 Å². The van der Waals surface area contributed by atoms with Crippen LogP contribution in [0.15, 0.2) is 69.9 Å². The van der Waals surface area contributed by atoms with Crippen molar-refractivity contribution in [1.29, 1.82) is 0 Å². The van der Waals surface area contributed by atoms with Gasteiger partial charge in [-0.15, -0.1) is 0 Å². The van der Waals surface area contributed by atoms with Crippen LogP contribution in [-0.2, 0) is 4.74 Å². The number of benzene rings is 3. The van der Waals surface area contributed by atoms with E-state index in [2.05, 4.69) is 0 Å². The Bertz CT molecular complexity index is 1340. The third kappa shape index (κ3) is 3.84. The fraction of sp³-hybridized carbons (Fsp3) is 0.231. The van der Waals surface area contributed by atoms with E-state index in [9.17, 15) is 14.7 Å². The van der Waals surface area contributed by atoms with Crippen LogP contribution in [0.2, 0.25) is 0 Å². The average Bonchev–Trinajstić information content (AvgIpc) is 2.72. The quantitative estimate of drug-likeness (QED) is 0.422. The van der Waals surface area contributed by atoms with E-state index in [-0.39, 0.29) is 16.4 Å². The van der Waals surface area contributed by atoms with E-state index in [4.69, 9.17) is 9.15 Å². The van der Waals surface area contributed by atoms with Gasteiger partial charge in [-0.1, -0.05) is 42.5 Å². The second kappa shape index (κ2) is 7.67. The van der Waals surface area contributed by atoms with Gasteiger partial charge >= 0.3 is 5.97 Å². The third-order valence-electron chi connectivity index (χ3n) is 5.17. The van der Waals surface area contributed by atoms with Gasteiger partial charge in [0.1, 0.15) is 17.3 Å². The zero-order valence-corrected chi connectivity index (χ0v) is 17.9. The van der Waals surface area contributed by atoms with Gasteiger partial charge in [0.05, 0.1) is 21.9 Å². The number of carboxylic acids is 1. The van der Waals surface area contributed by atoms with E-state index in [1.54, 1.807) is 18.2 Å². The summed E-state index contributed by atoms with van der Waals surface area (Å²) in [6, 6.07) is 17.7. The number of hydrogen-bond acceptors (Lipinski definition) is 4. The van der Waals surface area contributed by atoms with Crippen LogP contribution in [0.5, 0.6) is 0 Å². The Kier molecular flexibility index (Phi) is 5.15. The minimum Gasteiger partial charge on any atom is -0.478 e. The first-order valence-electron chi connectivity index (χ1n) is 10.1. The van der Waals surface area contributed by atoms with Crippen LogP contribution in [-0.4, -0.2) is 16.7 Å². The van der Waals surface area contributed by atoms with Gasteiger partial charge in [-0.3, -0.25) is 4.79 Å². The fourth-order valence-corrected chi connectivity index (χ4v) is 3.86. The molecule has 0 saturated heterocycles. The molecule has 5 nitrogen and oxygen atoms in total. The highest BCUT2D eigenvalue weighted by molar-refractivity contribution is 6.00. The van der Waals surface area contributed by atoms with Crippen LogP contribution >= 0.6 is 0 Å². The molecule has 1 heterocycles. The van der Waals surface area contributed by atoms with Crippen molar-refractivity contribution >= 4 is 27.9 Å². The lowest BCUT2D eigenvalue weighted by Crippen LogP contribution is -2.25. The van der Waals surface area contributed by atoms with E-state index in [0.717, 1.165) is 11.1 Å². The highest BCUT2D eigenvalue weighted by atomic mass is 16.5. The summed E-state index contributed by atoms with van der Waals surface area (Å²) in [5.74, 6) is -1.13. The second-order valence-electron chi connectivity index (χ2n) is 8.61. The normalized spacial score (nSPS) is 12.9. The predicted octanol–water partition coefficient (Wildman–Crippen LogP) is 5.86. The van der Waals surface area contributed by atoms with Crippen molar-refractivity contribution in [2.45, 2.75) is 39.4 Å². The van der Waals surface area contributed by atoms with Crippen molar-refractivity contribution in [1.82, 2.24) is 0 Å². The molecule has 4 rings (SSSR count). The van der Waals surface area contributed by atoms with E-state index in [0.29, 0.717) is 22.1 Å². The first-order chi connectivity index (χ1) is 14.7. The van der Waals surface area contributed by atoms with Crippen molar-refractivity contribution in [3.05, 3.63) is 93.1 Å². The average molecular weight is 416 g/mol. The summed E-state index contributed by atoms with van der Waals surface area (Å²) in [6.45, 7) is 7.57. The fourth-order valence-electron chi connectivity index (χ4n) is 3.86. The monoisotopic (exact) mass is 416 g/mol. The SMILES string of the molecule is Cc1cccc2c(=O)c3c(C(OC(C)(C)C)c4ccccc4)c(C(=O)O)ccc3oc12. The number of ether oxygens (including phenoxy) is 1. The van der Waals surface area contributed by atoms with Crippen molar-refractivity contribution in [2.24, 2.45) is 0 Å². The first-order valence-corrected chi connectivity index (χ1v) is 10.1. The lowest BCUT2D eigenvalue weighted by Gasteiger charge is -2.29. The molecule has 0 aliphatic heterocycles. The van der Waals surface area contributed by atoms with Crippen LogP contribution in [0.4, 0.5) is 0 Å². The Morgan fingerprint density at radius 2 is 1.71 bits per heavy atom. The molecule has 0 aliphatic rings. The van der Waals surface area contributed by atoms with Crippen molar-refractivity contribution in [3.8, 4) is 0 Å². The molecule has 4 aromatic rings. The Morgan fingerprint density at radius 3 is 2.35 bits per heavy atom. The molecule has 31 heavy (non-hydrogen) atoms. The van der Waals surface area contributed by atoms with E-state index in [1.165, 1.54) is 6.07 Å². The molecule has 3 aromatic carbocycles. The third-order valence-corrected chi connectivity index (χ3v) is 5.17. The van der Waals surface area contributed by atoms with Gasteiger partial charge in [0.25, 0.3) is 0 Å². The maximum atomic E-state index is 13.6. The van der Waals surface area contributed by atoms with Gasteiger partial charge < -0.3 is 14.3 Å². The van der Waals surface area contributed by atoms with Crippen LogP contribution in [0.3, 0.4) is 0 Å². The van der Waals surface area contributed by atoms with Crippen LogP contribution in [0.1, 0.15) is 53.9 Å². The van der Waals surface area contributed by atoms with Gasteiger partial charge in [0, 0.05) is 5.56 Å². The summed E-state index contributed by atoms with van der Waals surface area (Å²) < 4.78 is 12.5. The summed E-state index contributed by atoms with van der Waals surface area (Å²) in [4.78, 5) is 25.8. The number of rotatable bonds is 4. The Hall–Kier alpha value is -3.44. The number of carboxylic acid groups (broad SMARTS) is 1. The summed E-state index contributed by atoms with van der Waals surface area (Å²) in [5, 5.41) is 10.6. The second-order valence-corrected chi connectivity index (χ2v) is 8.61. The minimum absolute atomic E-state index is 0.0184. The number of hydrogen-bond donors (Lipinski definition) is 1. The molecular weight excluding hydrogens is 392 g/mol. The van der Waals surface area contributed by atoms with Gasteiger partial charge in [0.15, 0.2) is 0 Å². The van der Waals surface area contributed by atoms with E-state index < -0.39 is 17.7 Å². The maximum Gasteiger partial charge on any atom is 0.336 e. The van der Waals surface area contributed by atoms with Gasteiger partial charge in [-0.2, -0.15) is 0 Å². The number of aromatic carboxylic acids is 1. The number of carbonyl (C=O) groups is 1. The molecular formula is C26H24O5. The van der Waals surface area contributed by atoms with Crippen LogP contribution in [0.25, 0.3) is 21.9 Å². The molecule has 0 saturated carbocycles. The highest BCUT2D eigenvalue weighted by Crippen LogP contribution is 2.37. The van der Waals surface area contributed by atoms with Crippen LogP contribution in [0, 0.1) is 6.92 Å². The largest absolute Gasteiger partial charge is 0.478 e.